The molecular formula is C12H15N3O. The van der Waals surface area contributed by atoms with Crippen molar-refractivity contribution in [1.29, 1.82) is 0 Å². The molecule has 4 nitrogen and oxygen atoms in total. The molecule has 0 amide bonds. The smallest absolute Gasteiger partial charge is 0.217 e. The summed E-state index contributed by atoms with van der Waals surface area (Å²) in [5, 5.41) is 4.22. The molecule has 0 saturated carbocycles. The van der Waals surface area contributed by atoms with Crippen molar-refractivity contribution in [3.8, 4) is 11.6 Å². The first-order valence-corrected chi connectivity index (χ1v) is 5.11. The van der Waals surface area contributed by atoms with Crippen LogP contribution in [-0.4, -0.2) is 9.78 Å². The quantitative estimate of drug-likeness (QED) is 0.786. The molecule has 0 aliphatic carbocycles. The zero-order chi connectivity index (χ0) is 11.7. The molecule has 0 saturated heterocycles. The standard InChI is InChI=1S/C12H15N3O/c1-8-6-10(13)4-5-11(8)16-12-7-9(2)14-15(12)3/h4-7H,13H2,1-3H3. The van der Waals surface area contributed by atoms with E-state index in [-0.39, 0.29) is 0 Å². The van der Waals surface area contributed by atoms with Gasteiger partial charge in [0.15, 0.2) is 0 Å². The number of hydrogen-bond acceptors (Lipinski definition) is 3. The second kappa shape index (κ2) is 3.89. The van der Waals surface area contributed by atoms with Crippen molar-refractivity contribution in [2.75, 3.05) is 5.73 Å². The van der Waals surface area contributed by atoms with Gasteiger partial charge in [0, 0.05) is 18.8 Å². The predicted octanol–water partition coefficient (Wildman–Crippen LogP) is 2.41. The second-order valence-electron chi connectivity index (χ2n) is 3.87. The van der Waals surface area contributed by atoms with Crippen molar-refractivity contribution in [1.82, 2.24) is 9.78 Å². The highest BCUT2D eigenvalue weighted by atomic mass is 16.5. The van der Waals surface area contributed by atoms with Gasteiger partial charge in [-0.25, -0.2) is 4.68 Å². The number of anilines is 1. The van der Waals surface area contributed by atoms with E-state index in [4.69, 9.17) is 10.5 Å². The number of ether oxygens (including phenoxy) is 1. The third kappa shape index (κ3) is 2.00. The van der Waals surface area contributed by atoms with Gasteiger partial charge < -0.3 is 10.5 Å². The molecule has 0 aliphatic rings. The molecule has 0 unspecified atom stereocenters. The van der Waals surface area contributed by atoms with Gasteiger partial charge in [-0.2, -0.15) is 5.10 Å². The minimum Gasteiger partial charge on any atom is -0.439 e. The van der Waals surface area contributed by atoms with E-state index in [1.165, 1.54) is 0 Å². The Hall–Kier alpha value is -1.97. The van der Waals surface area contributed by atoms with Crippen LogP contribution in [0.15, 0.2) is 24.3 Å². The monoisotopic (exact) mass is 217 g/mol. The molecule has 2 rings (SSSR count). The number of hydrogen-bond donors (Lipinski definition) is 1. The molecule has 1 aromatic carbocycles. The summed E-state index contributed by atoms with van der Waals surface area (Å²) in [7, 11) is 1.86. The predicted molar refractivity (Wildman–Crippen MR) is 63.6 cm³/mol. The summed E-state index contributed by atoms with van der Waals surface area (Å²) >= 11 is 0. The van der Waals surface area contributed by atoms with Crippen molar-refractivity contribution in [3.05, 3.63) is 35.5 Å². The first-order valence-electron chi connectivity index (χ1n) is 5.11. The van der Waals surface area contributed by atoms with Crippen LogP contribution < -0.4 is 10.5 Å². The Kier molecular flexibility index (Phi) is 2.56. The highest BCUT2D eigenvalue weighted by Crippen LogP contribution is 2.26. The third-order valence-electron chi connectivity index (χ3n) is 2.37. The molecule has 0 atom stereocenters. The minimum atomic E-state index is 0.727. The number of nitrogens with zero attached hydrogens (tertiary/aromatic N) is 2. The van der Waals surface area contributed by atoms with Crippen molar-refractivity contribution < 1.29 is 4.74 Å². The molecule has 2 aromatic rings. The van der Waals surface area contributed by atoms with E-state index < -0.39 is 0 Å². The molecule has 2 N–H and O–H groups in total. The van der Waals surface area contributed by atoms with Gasteiger partial charge in [0.2, 0.25) is 5.88 Å². The van der Waals surface area contributed by atoms with Crippen molar-refractivity contribution in [2.45, 2.75) is 13.8 Å². The average Bonchev–Trinajstić information content (AvgIpc) is 2.50. The minimum absolute atomic E-state index is 0.727. The Morgan fingerprint density at radius 1 is 1.25 bits per heavy atom. The number of benzene rings is 1. The van der Waals surface area contributed by atoms with Crippen LogP contribution in [0.3, 0.4) is 0 Å². The van der Waals surface area contributed by atoms with Gasteiger partial charge in [-0.15, -0.1) is 0 Å². The molecule has 0 fully saturated rings. The number of nitrogen functional groups attached to an aromatic ring is 1. The summed E-state index contributed by atoms with van der Waals surface area (Å²) in [4.78, 5) is 0. The summed E-state index contributed by atoms with van der Waals surface area (Å²) < 4.78 is 7.47. The Morgan fingerprint density at radius 2 is 2.00 bits per heavy atom. The Labute approximate surface area is 94.6 Å². The maximum absolute atomic E-state index is 5.76. The van der Waals surface area contributed by atoms with Crippen LogP contribution in [0.1, 0.15) is 11.3 Å². The van der Waals surface area contributed by atoms with Crippen LogP contribution in [0.25, 0.3) is 0 Å². The Morgan fingerprint density at radius 3 is 2.56 bits per heavy atom. The number of aromatic nitrogens is 2. The zero-order valence-corrected chi connectivity index (χ0v) is 9.69. The van der Waals surface area contributed by atoms with Gasteiger partial charge in [0.1, 0.15) is 5.75 Å². The molecule has 0 aliphatic heterocycles. The number of nitrogens with two attached hydrogens (primary N) is 1. The normalized spacial score (nSPS) is 10.4. The molecule has 0 radical (unpaired) electrons. The van der Waals surface area contributed by atoms with Crippen molar-refractivity contribution >= 4 is 5.69 Å². The topological polar surface area (TPSA) is 53.1 Å². The van der Waals surface area contributed by atoms with Gasteiger partial charge in [0.05, 0.1) is 5.69 Å². The lowest BCUT2D eigenvalue weighted by molar-refractivity contribution is 0.428. The highest BCUT2D eigenvalue weighted by molar-refractivity contribution is 5.48. The molecular weight excluding hydrogens is 202 g/mol. The van der Waals surface area contributed by atoms with Crippen LogP contribution in [0.2, 0.25) is 0 Å². The van der Waals surface area contributed by atoms with E-state index in [9.17, 15) is 0 Å². The van der Waals surface area contributed by atoms with E-state index in [1.807, 2.05) is 45.2 Å². The number of aryl methyl sites for hydroxylation is 3. The van der Waals surface area contributed by atoms with E-state index in [0.29, 0.717) is 0 Å². The Bertz CT molecular complexity index is 517. The van der Waals surface area contributed by atoms with E-state index in [1.54, 1.807) is 4.68 Å². The van der Waals surface area contributed by atoms with Gasteiger partial charge in [0.25, 0.3) is 0 Å². The average molecular weight is 217 g/mol. The lowest BCUT2D eigenvalue weighted by Crippen LogP contribution is -1.96. The molecule has 1 aromatic heterocycles. The third-order valence-corrected chi connectivity index (χ3v) is 2.37. The first kappa shape index (κ1) is 10.5. The van der Waals surface area contributed by atoms with Crippen molar-refractivity contribution in [2.24, 2.45) is 7.05 Å². The van der Waals surface area contributed by atoms with Gasteiger partial charge in [-0.1, -0.05) is 0 Å². The van der Waals surface area contributed by atoms with Crippen LogP contribution >= 0.6 is 0 Å². The van der Waals surface area contributed by atoms with E-state index in [2.05, 4.69) is 5.10 Å². The fourth-order valence-corrected chi connectivity index (χ4v) is 1.58. The summed E-state index contributed by atoms with van der Waals surface area (Å²) in [5.41, 5.74) is 8.37. The van der Waals surface area contributed by atoms with Crippen molar-refractivity contribution in [3.63, 3.8) is 0 Å². The van der Waals surface area contributed by atoms with Gasteiger partial charge >= 0.3 is 0 Å². The summed E-state index contributed by atoms with van der Waals surface area (Å²) in [6.07, 6.45) is 0. The first-order chi connectivity index (χ1) is 7.56. The van der Waals surface area contributed by atoms with E-state index in [0.717, 1.165) is 28.6 Å². The van der Waals surface area contributed by atoms with Crippen LogP contribution in [0.5, 0.6) is 11.6 Å². The molecule has 16 heavy (non-hydrogen) atoms. The largest absolute Gasteiger partial charge is 0.439 e. The summed E-state index contributed by atoms with van der Waals surface area (Å²) in [6.45, 7) is 3.90. The van der Waals surface area contributed by atoms with Crippen LogP contribution in [0, 0.1) is 13.8 Å². The van der Waals surface area contributed by atoms with Gasteiger partial charge in [-0.05, 0) is 37.6 Å². The number of rotatable bonds is 2. The molecule has 1 heterocycles. The summed E-state index contributed by atoms with van der Waals surface area (Å²) in [5.74, 6) is 1.53. The lowest BCUT2D eigenvalue weighted by atomic mass is 10.2. The van der Waals surface area contributed by atoms with Gasteiger partial charge in [-0.3, -0.25) is 0 Å². The maximum Gasteiger partial charge on any atom is 0.217 e. The highest BCUT2D eigenvalue weighted by Gasteiger charge is 2.06. The van der Waals surface area contributed by atoms with Crippen LogP contribution in [0.4, 0.5) is 5.69 Å². The zero-order valence-electron chi connectivity index (χ0n) is 9.69. The Balaban J connectivity index is 2.30. The lowest BCUT2D eigenvalue weighted by Gasteiger charge is -2.08. The molecule has 0 spiro atoms. The molecule has 0 bridgehead atoms. The van der Waals surface area contributed by atoms with E-state index >= 15 is 0 Å². The second-order valence-corrected chi connectivity index (χ2v) is 3.87. The fraction of sp³-hybridized carbons (Fsp3) is 0.250. The fourth-order valence-electron chi connectivity index (χ4n) is 1.58. The SMILES string of the molecule is Cc1cc(Oc2ccc(N)cc2C)n(C)n1. The molecule has 4 heteroatoms. The summed E-state index contributed by atoms with van der Waals surface area (Å²) in [6, 6.07) is 7.48. The molecule has 84 valence electrons. The maximum atomic E-state index is 5.76. The van der Waals surface area contributed by atoms with Crippen LogP contribution in [-0.2, 0) is 7.05 Å².